The van der Waals surface area contributed by atoms with Crippen LogP contribution < -0.4 is 22.9 Å². The summed E-state index contributed by atoms with van der Waals surface area (Å²) in [6.07, 6.45) is -21.6. The van der Waals surface area contributed by atoms with Gasteiger partial charge in [0, 0.05) is 0 Å². The monoisotopic (exact) mass is 680 g/mol. The number of nitrogens with two attached hydrogens (primary N) is 4. The highest BCUT2D eigenvalue weighted by atomic mass is 16.7. The number of ether oxygens (including phenoxy) is 6. The minimum Gasteiger partial charge on any atom is -0.394 e. The molecule has 0 aromatic heterocycles. The molecule has 20 atom stereocenters. The third-order valence-corrected chi connectivity index (χ3v) is 8.28. The Hall–Kier alpha value is -0.880. The number of hydrogen-bond acceptors (Lipinski definition) is 22. The summed E-state index contributed by atoms with van der Waals surface area (Å²) in [4.78, 5) is 0. The van der Waals surface area contributed by atoms with Crippen LogP contribution in [0, 0.1) is 0 Å². The third kappa shape index (κ3) is 8.45. The molecule has 0 aliphatic carbocycles. The molecule has 4 saturated heterocycles. The average Bonchev–Trinajstić information content (AvgIpc) is 3.05. The Kier molecular flexibility index (Phi) is 14.8. The summed E-state index contributed by atoms with van der Waals surface area (Å²) in [6, 6.07) is -4.91. The summed E-state index contributed by atoms with van der Waals surface area (Å²) in [6.45, 7) is -2.47. The Balaban J connectivity index is 0.000000402. The molecule has 4 rings (SSSR count). The topological polar surface area (TPSA) is 402 Å². The van der Waals surface area contributed by atoms with Gasteiger partial charge in [0.2, 0.25) is 0 Å². The first-order chi connectivity index (χ1) is 21.6. The van der Waals surface area contributed by atoms with Gasteiger partial charge in [0.15, 0.2) is 25.2 Å². The second kappa shape index (κ2) is 17.2. The van der Waals surface area contributed by atoms with E-state index in [1.807, 2.05) is 0 Å². The van der Waals surface area contributed by atoms with Crippen LogP contribution in [-0.4, -0.2) is 210 Å². The van der Waals surface area contributed by atoms with Crippen LogP contribution in [0.4, 0.5) is 0 Å². The van der Waals surface area contributed by atoms with Gasteiger partial charge in [-0.25, -0.2) is 0 Å². The quantitative estimate of drug-likeness (QED) is 0.113. The van der Waals surface area contributed by atoms with Crippen molar-refractivity contribution in [3.05, 3.63) is 0 Å². The summed E-state index contributed by atoms with van der Waals surface area (Å²) >= 11 is 0. The summed E-state index contributed by atoms with van der Waals surface area (Å²) in [7, 11) is 0. The maximum Gasteiger partial charge on any atom is 0.176 e. The third-order valence-electron chi connectivity index (χ3n) is 8.28. The van der Waals surface area contributed by atoms with Crippen molar-refractivity contribution in [3.63, 3.8) is 0 Å². The van der Waals surface area contributed by atoms with Crippen LogP contribution in [0.25, 0.3) is 0 Å². The fraction of sp³-hybridized carbons (Fsp3) is 1.00. The molecule has 0 aromatic carbocycles. The largest absolute Gasteiger partial charge is 0.394 e. The first-order valence-corrected chi connectivity index (χ1v) is 14.5. The molecule has 0 aromatic rings. The summed E-state index contributed by atoms with van der Waals surface area (Å²) in [5.41, 5.74) is 22.9. The van der Waals surface area contributed by atoms with Crippen LogP contribution in [-0.2, 0) is 28.4 Å². The van der Waals surface area contributed by atoms with Gasteiger partial charge in [-0.1, -0.05) is 0 Å². The standard InChI is InChI=1S/C18H35N3O13.C6H13NO5/c19-7-12(27)14(5(2-23)30-16(7)29)33-18-9(21)13(28)15(6(3-24)32-18)34-17-8(20)11(26)10(25)4(1-22)31-17;7-3-5(10)4(9)2(1-8)12-6(3)11/h4-18,22-29H,1-3,19-21H2;2-6,8-11H,1,7H2/t4-,5-,6-,7?,8-,9?,10-,11-,12?,13-,14?,15?,16?,17+,18+;2-,3-,4-,5-,6-/m11/s1. The van der Waals surface area contributed by atoms with Gasteiger partial charge in [-0.15, -0.1) is 0 Å². The highest BCUT2D eigenvalue weighted by molar-refractivity contribution is 4.98. The van der Waals surface area contributed by atoms with Gasteiger partial charge in [0.1, 0.15) is 73.2 Å². The van der Waals surface area contributed by atoms with E-state index in [9.17, 15) is 51.1 Å². The van der Waals surface area contributed by atoms with E-state index in [0.29, 0.717) is 0 Å². The predicted molar refractivity (Wildman–Crippen MR) is 145 cm³/mol. The maximum absolute atomic E-state index is 10.8. The smallest absolute Gasteiger partial charge is 0.176 e. The first-order valence-electron chi connectivity index (χ1n) is 14.5. The zero-order chi connectivity index (χ0) is 34.6. The number of hydrogen-bond donors (Lipinski definition) is 16. The molecule has 272 valence electrons. The summed E-state index contributed by atoms with van der Waals surface area (Å²) in [5.74, 6) is 0. The molecule has 0 saturated carbocycles. The second-order valence-electron chi connectivity index (χ2n) is 11.4. The second-order valence-corrected chi connectivity index (χ2v) is 11.4. The SMILES string of the molecule is NC1C(O)O[C@H](CO)C(O[C@@H]2O[C@H](CO)C(O[C@@H]3O[C@H](CO)[C@@H](O)[C@H](O)[C@H]3N)[C@H](O)C2N)C1O.N[C@@H]1[C@@H](O)[C@H](O)[C@@H](CO)O[C@H]1O. The molecule has 4 aliphatic rings. The van der Waals surface area contributed by atoms with Crippen molar-refractivity contribution in [1.82, 2.24) is 0 Å². The molecule has 0 radical (unpaired) electrons. The van der Waals surface area contributed by atoms with Crippen molar-refractivity contribution in [3.8, 4) is 0 Å². The van der Waals surface area contributed by atoms with Gasteiger partial charge in [0.05, 0.1) is 50.6 Å². The molecule has 4 fully saturated rings. The van der Waals surface area contributed by atoms with Crippen molar-refractivity contribution in [2.24, 2.45) is 22.9 Å². The van der Waals surface area contributed by atoms with Gasteiger partial charge in [-0.05, 0) is 0 Å². The number of rotatable bonds is 8. The van der Waals surface area contributed by atoms with Gasteiger partial charge in [-0.3, -0.25) is 0 Å². The van der Waals surface area contributed by atoms with Crippen LogP contribution >= 0.6 is 0 Å². The molecule has 4 aliphatic heterocycles. The lowest BCUT2D eigenvalue weighted by atomic mass is 9.94. The van der Waals surface area contributed by atoms with E-state index in [4.69, 9.17) is 61.6 Å². The lowest BCUT2D eigenvalue weighted by molar-refractivity contribution is -0.348. The Bertz CT molecular complexity index is 908. The molecular formula is C24H48N4O18. The van der Waals surface area contributed by atoms with Gasteiger partial charge < -0.3 is 113 Å². The molecule has 4 heterocycles. The van der Waals surface area contributed by atoms with Crippen molar-refractivity contribution < 1.29 is 89.7 Å². The fourth-order valence-electron chi connectivity index (χ4n) is 5.30. The lowest BCUT2D eigenvalue weighted by Gasteiger charge is -2.48. The highest BCUT2D eigenvalue weighted by Crippen LogP contribution is 2.31. The summed E-state index contributed by atoms with van der Waals surface area (Å²) in [5, 5.41) is 116. The molecule has 22 nitrogen and oxygen atoms in total. The van der Waals surface area contributed by atoms with E-state index < -0.39 is 149 Å². The lowest BCUT2D eigenvalue weighted by Crippen LogP contribution is -2.69. The molecule has 0 spiro atoms. The van der Waals surface area contributed by atoms with Crippen molar-refractivity contribution in [1.29, 1.82) is 0 Å². The Labute approximate surface area is 262 Å². The molecule has 46 heavy (non-hydrogen) atoms. The highest BCUT2D eigenvalue weighted by Gasteiger charge is 2.52. The van der Waals surface area contributed by atoms with E-state index in [1.165, 1.54) is 0 Å². The van der Waals surface area contributed by atoms with Crippen LogP contribution in [0.1, 0.15) is 0 Å². The molecule has 0 amide bonds. The first kappa shape index (κ1) is 39.6. The molecule has 6 unspecified atom stereocenters. The van der Waals surface area contributed by atoms with E-state index in [1.54, 1.807) is 0 Å². The predicted octanol–water partition coefficient (Wildman–Crippen LogP) is -10.9. The molecule has 22 heteroatoms. The minimum atomic E-state index is -1.56. The zero-order valence-electron chi connectivity index (χ0n) is 24.5. The van der Waals surface area contributed by atoms with Crippen LogP contribution in [0.5, 0.6) is 0 Å². The normalized spacial score (nSPS) is 51.7. The van der Waals surface area contributed by atoms with E-state index in [2.05, 4.69) is 0 Å². The average molecular weight is 681 g/mol. The number of aliphatic hydroxyl groups excluding tert-OH is 12. The number of aliphatic hydroxyl groups is 12. The van der Waals surface area contributed by atoms with Crippen molar-refractivity contribution in [2.45, 2.75) is 123 Å². The Morgan fingerprint density at radius 3 is 1.15 bits per heavy atom. The summed E-state index contributed by atoms with van der Waals surface area (Å²) < 4.78 is 32.1. The van der Waals surface area contributed by atoms with Crippen molar-refractivity contribution in [2.75, 3.05) is 26.4 Å². The van der Waals surface area contributed by atoms with Gasteiger partial charge >= 0.3 is 0 Å². The van der Waals surface area contributed by atoms with Crippen LogP contribution in [0.15, 0.2) is 0 Å². The van der Waals surface area contributed by atoms with E-state index in [0.717, 1.165) is 0 Å². The van der Waals surface area contributed by atoms with Crippen molar-refractivity contribution >= 4 is 0 Å². The Morgan fingerprint density at radius 2 is 0.696 bits per heavy atom. The molecular weight excluding hydrogens is 632 g/mol. The minimum absolute atomic E-state index is 0.470. The van der Waals surface area contributed by atoms with Gasteiger partial charge in [0.25, 0.3) is 0 Å². The molecule has 20 N–H and O–H groups in total. The Morgan fingerprint density at radius 1 is 0.391 bits per heavy atom. The van der Waals surface area contributed by atoms with E-state index >= 15 is 0 Å². The van der Waals surface area contributed by atoms with Crippen LogP contribution in [0.3, 0.4) is 0 Å². The van der Waals surface area contributed by atoms with E-state index in [-0.39, 0.29) is 0 Å². The fourth-order valence-corrected chi connectivity index (χ4v) is 5.30. The zero-order valence-corrected chi connectivity index (χ0v) is 24.5. The van der Waals surface area contributed by atoms with Crippen LogP contribution in [0.2, 0.25) is 0 Å². The molecule has 0 bridgehead atoms. The maximum atomic E-state index is 10.8. The van der Waals surface area contributed by atoms with Gasteiger partial charge in [-0.2, -0.15) is 0 Å².